The molecule has 1 fully saturated rings. The van der Waals surface area contributed by atoms with Gasteiger partial charge in [0.05, 0.1) is 6.61 Å². The minimum Gasteiger partial charge on any atom is -0.586 e. The predicted octanol–water partition coefficient (Wildman–Crippen LogP) is 5.02. The number of nitrogens with one attached hydrogen (secondary N) is 2. The number of nitrogen functional groups attached to an aromatic ring is 1. The van der Waals surface area contributed by atoms with Crippen molar-refractivity contribution in [3.63, 3.8) is 0 Å². The van der Waals surface area contributed by atoms with Gasteiger partial charge in [-0.05, 0) is 54.3 Å². The Kier molecular flexibility index (Phi) is 19.6. The van der Waals surface area contributed by atoms with Gasteiger partial charge in [0, 0.05) is 68.5 Å². The van der Waals surface area contributed by atoms with Crippen molar-refractivity contribution in [2.45, 2.75) is 33.6 Å². The van der Waals surface area contributed by atoms with Gasteiger partial charge in [-0.1, -0.05) is 30.7 Å². The normalized spacial score (nSPS) is 12.2. The molecule has 0 aliphatic heterocycles. The van der Waals surface area contributed by atoms with Gasteiger partial charge < -0.3 is 27.2 Å². The van der Waals surface area contributed by atoms with Crippen molar-refractivity contribution in [3.8, 4) is 5.75 Å². The first-order valence-corrected chi connectivity index (χ1v) is 11.1. The third kappa shape index (κ3) is 12.1. The largest absolute Gasteiger partial charge is 0.586 e. The standard InChI is InChI=1S/C10H12N3O.C7H13NOS2.C2H6.Y/c11-7-3-4-8(9(14)5-7)10(13-12)6-1-2-6;1-3-4-7(8-2)11-10-6-5-9;1-2;/h3-5,12-14H,1-2,11H2;3-4,9H,5-6H2,1-2H3;1-2H3;/q-1;;;/b;4-3-,8-7?;;. The monoisotopic (exact) mass is 500 g/mol. The fraction of sp³-hybridized carbons (Fsp3) is 0.421. The summed E-state index contributed by atoms with van der Waals surface area (Å²) in [4.78, 5) is 4.04. The van der Waals surface area contributed by atoms with E-state index in [9.17, 15) is 5.11 Å². The van der Waals surface area contributed by atoms with E-state index in [0.29, 0.717) is 16.9 Å². The van der Waals surface area contributed by atoms with Crippen molar-refractivity contribution < 1.29 is 42.9 Å². The molecule has 155 valence electrons. The van der Waals surface area contributed by atoms with Crippen molar-refractivity contribution in [1.29, 1.82) is 0 Å². The number of nitrogens with zero attached hydrogens (tertiary/aromatic N) is 1. The molecule has 0 heterocycles. The van der Waals surface area contributed by atoms with Gasteiger partial charge in [0.1, 0.15) is 10.8 Å². The van der Waals surface area contributed by atoms with E-state index in [-0.39, 0.29) is 45.1 Å². The zero-order chi connectivity index (χ0) is 20.7. The Morgan fingerprint density at radius 3 is 2.43 bits per heavy atom. The summed E-state index contributed by atoms with van der Waals surface area (Å²) in [6, 6.07) is 4.94. The number of hydrogen-bond acceptors (Lipinski definition) is 7. The Morgan fingerprint density at radius 1 is 1.36 bits per heavy atom. The number of anilines is 1. The fourth-order valence-electron chi connectivity index (χ4n) is 1.84. The van der Waals surface area contributed by atoms with Gasteiger partial charge in [0.15, 0.2) is 0 Å². The molecule has 9 heteroatoms. The molecule has 1 aliphatic carbocycles. The first-order chi connectivity index (χ1) is 13.1. The molecule has 1 radical (unpaired) electrons. The Labute approximate surface area is 202 Å². The van der Waals surface area contributed by atoms with E-state index >= 15 is 0 Å². The molecule has 0 bridgehead atoms. The summed E-state index contributed by atoms with van der Waals surface area (Å²) in [6.07, 6.45) is 5.92. The fourth-order valence-corrected chi connectivity index (χ4v) is 3.61. The molecule has 1 saturated carbocycles. The van der Waals surface area contributed by atoms with Gasteiger partial charge in [-0.25, -0.2) is 0 Å². The molecule has 0 atom stereocenters. The first kappa shape index (κ1) is 29.7. The van der Waals surface area contributed by atoms with Crippen LogP contribution in [-0.2, 0) is 32.7 Å². The number of benzene rings is 1. The van der Waals surface area contributed by atoms with Crippen LogP contribution in [0.2, 0.25) is 0 Å². The van der Waals surface area contributed by atoms with Crippen molar-refractivity contribution in [2.24, 2.45) is 4.99 Å². The number of aliphatic hydroxyl groups excluding tert-OH is 1. The molecule has 0 spiro atoms. The third-order valence-electron chi connectivity index (χ3n) is 3.12. The van der Waals surface area contributed by atoms with Crippen LogP contribution in [0.1, 0.15) is 39.2 Å². The van der Waals surface area contributed by atoms with Crippen molar-refractivity contribution in [3.05, 3.63) is 47.3 Å². The Balaban J connectivity index is 0. The molecule has 1 aromatic rings. The Morgan fingerprint density at radius 2 is 2.00 bits per heavy atom. The average Bonchev–Trinajstić information content (AvgIpc) is 3.51. The molecule has 28 heavy (non-hydrogen) atoms. The zero-order valence-electron chi connectivity index (χ0n) is 17.0. The Bertz CT molecular complexity index is 647. The van der Waals surface area contributed by atoms with Gasteiger partial charge in [0.25, 0.3) is 0 Å². The molecule has 0 aromatic heterocycles. The minimum absolute atomic E-state index is 0. The minimum atomic E-state index is 0. The van der Waals surface area contributed by atoms with E-state index in [0.717, 1.165) is 23.6 Å². The van der Waals surface area contributed by atoms with Gasteiger partial charge in [0.2, 0.25) is 0 Å². The number of aromatic hydroxyl groups is 1. The second kappa shape index (κ2) is 18.5. The van der Waals surface area contributed by atoms with E-state index in [2.05, 4.69) is 10.4 Å². The number of nitrogens with two attached hydrogens (primary N) is 1. The van der Waals surface area contributed by atoms with Gasteiger partial charge in [-0.3, -0.25) is 4.99 Å². The topological polar surface area (TPSA) is 115 Å². The second-order valence-corrected chi connectivity index (χ2v) is 7.51. The molecule has 0 amide bonds. The smallest absolute Gasteiger partial charge is 0.126 e. The van der Waals surface area contributed by atoms with Gasteiger partial charge in [-0.15, -0.1) is 0 Å². The van der Waals surface area contributed by atoms with E-state index < -0.39 is 0 Å². The maximum atomic E-state index is 9.63. The number of aliphatic hydroxyl groups is 1. The van der Waals surface area contributed by atoms with E-state index in [1.54, 1.807) is 40.8 Å². The summed E-state index contributed by atoms with van der Waals surface area (Å²) in [6.45, 7) is 6.19. The second-order valence-electron chi connectivity index (χ2n) is 5.07. The van der Waals surface area contributed by atoms with Crippen molar-refractivity contribution in [2.75, 3.05) is 25.1 Å². The summed E-state index contributed by atoms with van der Waals surface area (Å²) in [5, 5.41) is 19.1. The molecule has 1 aliphatic rings. The molecule has 6 nitrogen and oxygen atoms in total. The first-order valence-electron chi connectivity index (χ1n) is 8.80. The molecule has 6 N–H and O–H groups in total. The van der Waals surface area contributed by atoms with Crippen LogP contribution in [0.15, 0.2) is 40.9 Å². The number of aliphatic imine (C=N–C) groups is 1. The van der Waals surface area contributed by atoms with Crippen LogP contribution in [0, 0.1) is 0 Å². The molecule has 0 saturated heterocycles. The van der Waals surface area contributed by atoms with E-state index in [1.165, 1.54) is 11.6 Å². The summed E-state index contributed by atoms with van der Waals surface area (Å²) >= 11 is 0. The summed E-state index contributed by atoms with van der Waals surface area (Å²) in [7, 11) is 4.97. The number of rotatable bonds is 6. The number of phenolic OH excluding ortho intramolecular Hbond substituents is 1. The van der Waals surface area contributed by atoms with Crippen LogP contribution in [0.25, 0.3) is 11.5 Å². The molecule has 1 aromatic carbocycles. The van der Waals surface area contributed by atoms with Crippen LogP contribution in [0.5, 0.6) is 5.75 Å². The molecular weight excluding hydrogens is 469 g/mol. The van der Waals surface area contributed by atoms with E-state index in [1.807, 2.05) is 32.9 Å². The average molecular weight is 501 g/mol. The van der Waals surface area contributed by atoms with Crippen LogP contribution < -0.4 is 11.2 Å². The third-order valence-corrected chi connectivity index (χ3v) is 5.44. The quantitative estimate of drug-likeness (QED) is 0.109. The van der Waals surface area contributed by atoms with Crippen LogP contribution in [-0.4, -0.2) is 34.7 Å². The summed E-state index contributed by atoms with van der Waals surface area (Å²) in [5.41, 5.74) is 11.0. The molecule has 0 unspecified atom stereocenters. The number of allylic oxidation sites excluding steroid dienone is 2. The SMILES string of the molecule is C/C=C\C(=NC)SSCCO.CC.[NH-]NC(=C1CC1)c1ccc(N)cc1O.[Y]. The number of hydrogen-bond donors (Lipinski definition) is 4. The zero-order valence-corrected chi connectivity index (χ0v) is 21.5. The molecule has 2 rings (SSSR count). The van der Waals surface area contributed by atoms with Crippen LogP contribution >= 0.6 is 21.6 Å². The van der Waals surface area contributed by atoms with Gasteiger partial charge >= 0.3 is 0 Å². The molecular formula is C19H31N4O2S2Y-. The Hall–Kier alpha value is -0.506. The maximum absolute atomic E-state index is 9.63. The van der Waals surface area contributed by atoms with E-state index in [4.69, 9.17) is 16.7 Å². The van der Waals surface area contributed by atoms with Gasteiger partial charge in [-0.2, -0.15) is 0 Å². The van der Waals surface area contributed by atoms with Crippen molar-refractivity contribution >= 4 is 38.0 Å². The summed E-state index contributed by atoms with van der Waals surface area (Å²) in [5.74, 6) is 8.04. The summed E-state index contributed by atoms with van der Waals surface area (Å²) < 4.78 is 0. The van der Waals surface area contributed by atoms with Crippen LogP contribution in [0.3, 0.4) is 0 Å². The predicted molar refractivity (Wildman–Crippen MR) is 123 cm³/mol. The maximum Gasteiger partial charge on any atom is 0.126 e. The van der Waals surface area contributed by atoms with Crippen molar-refractivity contribution in [1.82, 2.24) is 5.43 Å². The number of phenols is 1. The van der Waals surface area contributed by atoms with Crippen LogP contribution in [0.4, 0.5) is 5.69 Å².